The summed E-state index contributed by atoms with van der Waals surface area (Å²) in [7, 11) is 0. The number of carboxylic acids is 1. The number of carbonyl (C=O) groups is 2. The van der Waals surface area contributed by atoms with Gasteiger partial charge >= 0.3 is 5.97 Å². The lowest BCUT2D eigenvalue weighted by Gasteiger charge is -2.28. The van der Waals surface area contributed by atoms with Gasteiger partial charge in [0.25, 0.3) is 5.91 Å². The van der Waals surface area contributed by atoms with Gasteiger partial charge in [0.05, 0.1) is 18.6 Å². The van der Waals surface area contributed by atoms with E-state index >= 15 is 0 Å². The highest BCUT2D eigenvalue weighted by Crippen LogP contribution is 2.43. The van der Waals surface area contributed by atoms with Crippen LogP contribution >= 0.6 is 0 Å². The van der Waals surface area contributed by atoms with E-state index in [0.717, 1.165) is 25.0 Å². The molecular weight excluding hydrogens is 530 g/mol. The van der Waals surface area contributed by atoms with E-state index in [1.807, 2.05) is 23.3 Å². The van der Waals surface area contributed by atoms with E-state index in [1.54, 1.807) is 24.3 Å². The molecule has 1 aliphatic rings. The van der Waals surface area contributed by atoms with E-state index in [9.17, 15) is 28.6 Å². The van der Waals surface area contributed by atoms with Crippen molar-refractivity contribution in [1.82, 2.24) is 9.47 Å². The first kappa shape index (κ1) is 30.4. The lowest BCUT2D eigenvalue weighted by atomic mass is 9.92. The fourth-order valence-corrected chi connectivity index (χ4v) is 5.76. The summed E-state index contributed by atoms with van der Waals surface area (Å²) in [5.74, 6) is -2.10. The van der Waals surface area contributed by atoms with Crippen molar-refractivity contribution in [2.45, 2.75) is 77.0 Å². The smallest absolute Gasteiger partial charge is 0.305 e. The number of aliphatic carboxylic acids is 1. The van der Waals surface area contributed by atoms with Gasteiger partial charge in [-0.05, 0) is 87.8 Å². The predicted molar refractivity (Wildman–Crippen MR) is 153 cm³/mol. The Morgan fingerprint density at radius 3 is 1.88 bits per heavy atom. The molecule has 7 nitrogen and oxygen atoms in total. The lowest BCUT2D eigenvalue weighted by molar-refractivity contribution is -0.139. The average molecular weight is 569 g/mol. The molecule has 1 saturated heterocycles. The van der Waals surface area contributed by atoms with Crippen LogP contribution in [-0.4, -0.2) is 62.0 Å². The van der Waals surface area contributed by atoms with Crippen molar-refractivity contribution < 1.29 is 33.7 Å². The van der Waals surface area contributed by atoms with Crippen molar-refractivity contribution in [2.24, 2.45) is 0 Å². The van der Waals surface area contributed by atoms with Crippen LogP contribution in [0.4, 0.5) is 8.78 Å². The number of hydrogen-bond acceptors (Lipinski definition) is 4. The maximum atomic E-state index is 14.3. The van der Waals surface area contributed by atoms with Gasteiger partial charge in [0, 0.05) is 36.0 Å². The first-order chi connectivity index (χ1) is 19.6. The van der Waals surface area contributed by atoms with Crippen molar-refractivity contribution >= 4 is 11.9 Å². The Bertz CT molecular complexity index is 1350. The van der Waals surface area contributed by atoms with Crippen LogP contribution < -0.4 is 0 Å². The van der Waals surface area contributed by atoms with Crippen LogP contribution in [-0.2, 0) is 11.2 Å². The molecule has 2 heterocycles. The number of aromatic nitrogens is 1. The Balaban J connectivity index is 1.91. The minimum atomic E-state index is -1.19. The normalized spacial score (nSPS) is 15.2. The van der Waals surface area contributed by atoms with Gasteiger partial charge in [-0.1, -0.05) is 24.3 Å². The fourth-order valence-electron chi connectivity index (χ4n) is 5.76. The van der Waals surface area contributed by atoms with Crippen LogP contribution in [0.5, 0.6) is 0 Å². The van der Waals surface area contributed by atoms with Gasteiger partial charge in [-0.2, -0.15) is 0 Å². The van der Waals surface area contributed by atoms with Gasteiger partial charge in [-0.3, -0.25) is 9.59 Å². The zero-order chi connectivity index (χ0) is 29.7. The number of carboxylic acid groups (broad SMARTS) is 1. The Morgan fingerprint density at radius 1 is 0.829 bits per heavy atom. The number of amides is 1. The first-order valence-corrected chi connectivity index (χ1v) is 14.2. The number of halogens is 2. The molecule has 2 atom stereocenters. The predicted octanol–water partition coefficient (Wildman–Crippen LogP) is 5.83. The third-order valence-corrected chi connectivity index (χ3v) is 7.60. The molecule has 2 unspecified atom stereocenters. The van der Waals surface area contributed by atoms with Crippen LogP contribution in [0.1, 0.15) is 74.6 Å². The highest BCUT2D eigenvalue weighted by molar-refractivity contribution is 6.05. The van der Waals surface area contributed by atoms with Gasteiger partial charge in [0.15, 0.2) is 0 Å². The molecule has 9 heteroatoms. The summed E-state index contributed by atoms with van der Waals surface area (Å²) >= 11 is 0. The molecule has 1 aromatic heterocycles. The molecule has 1 aliphatic heterocycles. The maximum absolute atomic E-state index is 14.3. The highest BCUT2D eigenvalue weighted by atomic mass is 19.1. The van der Waals surface area contributed by atoms with Crippen LogP contribution in [0.3, 0.4) is 0 Å². The molecule has 0 saturated carbocycles. The second-order valence-electron chi connectivity index (χ2n) is 11.1. The molecule has 3 N–H and O–H groups in total. The molecular formula is C32H38F2N2O5. The van der Waals surface area contributed by atoms with E-state index in [0.29, 0.717) is 47.5 Å². The van der Waals surface area contributed by atoms with Gasteiger partial charge in [-0.15, -0.1) is 0 Å². The second-order valence-corrected chi connectivity index (χ2v) is 11.1. The van der Waals surface area contributed by atoms with Gasteiger partial charge in [0.2, 0.25) is 0 Å². The van der Waals surface area contributed by atoms with Gasteiger partial charge in [-0.25, -0.2) is 8.78 Å². The quantitative estimate of drug-likeness (QED) is 0.270. The highest BCUT2D eigenvalue weighted by Gasteiger charge is 2.33. The molecule has 1 amide bonds. The number of hydrogen-bond donors (Lipinski definition) is 3. The number of nitrogens with zero attached hydrogens (tertiary/aromatic N) is 2. The first-order valence-electron chi connectivity index (χ1n) is 14.2. The topological polar surface area (TPSA) is 103 Å². The third-order valence-electron chi connectivity index (χ3n) is 7.60. The summed E-state index contributed by atoms with van der Waals surface area (Å²) in [4.78, 5) is 27.1. The molecule has 3 aromatic rings. The van der Waals surface area contributed by atoms with E-state index in [4.69, 9.17) is 5.11 Å². The third kappa shape index (κ3) is 7.21. The standard InChI is InChI=1S/C32H38F2N2O5/c1-20(2)36-27(15-14-25(37)18-26(38)19-28(39)40)29(21-6-10-23(33)11-7-21)30(22-8-12-24(34)13-9-22)31(36)32(41)35-16-4-3-5-17-35/h6-13,20,25-26,37-38H,3-5,14-19H2,1-2H3,(H,39,40). The number of piperidine rings is 1. The van der Waals surface area contributed by atoms with Crippen LogP contribution in [0.2, 0.25) is 0 Å². The van der Waals surface area contributed by atoms with Crippen molar-refractivity contribution in [1.29, 1.82) is 0 Å². The largest absolute Gasteiger partial charge is 0.481 e. The average Bonchev–Trinajstić information content (AvgIpc) is 3.27. The molecule has 0 radical (unpaired) electrons. The number of rotatable bonds is 11. The molecule has 41 heavy (non-hydrogen) atoms. The number of aliphatic hydroxyl groups excluding tert-OH is 2. The van der Waals surface area contributed by atoms with Crippen molar-refractivity contribution in [3.8, 4) is 22.3 Å². The molecule has 1 fully saturated rings. The van der Waals surface area contributed by atoms with Gasteiger partial charge in [0.1, 0.15) is 17.3 Å². The maximum Gasteiger partial charge on any atom is 0.305 e. The Morgan fingerprint density at radius 2 is 1.37 bits per heavy atom. The number of aliphatic hydroxyl groups is 2. The number of likely N-dealkylation sites (tertiary alicyclic amines) is 1. The molecule has 220 valence electrons. The molecule has 0 spiro atoms. The van der Waals surface area contributed by atoms with Crippen molar-refractivity contribution in [2.75, 3.05) is 13.1 Å². The number of carbonyl (C=O) groups excluding carboxylic acids is 1. The summed E-state index contributed by atoms with van der Waals surface area (Å²) in [6.07, 6.45) is 0.602. The summed E-state index contributed by atoms with van der Waals surface area (Å²) in [6.45, 7) is 5.19. The fraction of sp³-hybridized carbons (Fsp3) is 0.438. The van der Waals surface area contributed by atoms with Gasteiger partial charge < -0.3 is 24.8 Å². The Labute approximate surface area is 239 Å². The SMILES string of the molecule is CC(C)n1c(CCC(O)CC(O)CC(=O)O)c(-c2ccc(F)cc2)c(-c2ccc(F)cc2)c1C(=O)N1CCCCC1. The lowest BCUT2D eigenvalue weighted by Crippen LogP contribution is -2.37. The summed E-state index contributed by atoms with van der Waals surface area (Å²) < 4.78 is 30.0. The zero-order valence-corrected chi connectivity index (χ0v) is 23.5. The van der Waals surface area contributed by atoms with E-state index in [-0.39, 0.29) is 24.8 Å². The summed E-state index contributed by atoms with van der Waals surface area (Å²) in [5, 5.41) is 29.8. The van der Waals surface area contributed by atoms with Crippen LogP contribution in [0.25, 0.3) is 22.3 Å². The Hall–Kier alpha value is -3.56. The monoisotopic (exact) mass is 568 g/mol. The van der Waals surface area contributed by atoms with E-state index < -0.39 is 36.2 Å². The van der Waals surface area contributed by atoms with Crippen molar-refractivity contribution in [3.05, 3.63) is 71.6 Å². The summed E-state index contributed by atoms with van der Waals surface area (Å²) in [5.41, 5.74) is 3.85. The minimum Gasteiger partial charge on any atom is -0.481 e. The van der Waals surface area contributed by atoms with Crippen LogP contribution in [0, 0.1) is 11.6 Å². The molecule has 2 aromatic carbocycles. The van der Waals surface area contributed by atoms with E-state index in [2.05, 4.69) is 0 Å². The second kappa shape index (κ2) is 13.4. The number of benzene rings is 2. The zero-order valence-electron chi connectivity index (χ0n) is 23.5. The summed E-state index contributed by atoms with van der Waals surface area (Å²) in [6, 6.07) is 11.8. The van der Waals surface area contributed by atoms with Crippen LogP contribution in [0.15, 0.2) is 48.5 Å². The molecule has 0 bridgehead atoms. The van der Waals surface area contributed by atoms with Crippen molar-refractivity contribution in [3.63, 3.8) is 0 Å². The van der Waals surface area contributed by atoms with E-state index in [1.165, 1.54) is 24.3 Å². The molecule has 4 rings (SSSR count). The minimum absolute atomic E-state index is 0.106. The molecule has 0 aliphatic carbocycles. The Kier molecular flexibility index (Phi) is 9.94.